The van der Waals surface area contributed by atoms with Gasteiger partial charge in [-0.3, -0.25) is 5.41 Å². The van der Waals surface area contributed by atoms with Gasteiger partial charge in [0.2, 0.25) is 0 Å². The fourth-order valence-electron chi connectivity index (χ4n) is 2.69. The first-order valence-corrected chi connectivity index (χ1v) is 7.13. The van der Waals surface area contributed by atoms with Crippen LogP contribution in [-0.2, 0) is 17.6 Å². The summed E-state index contributed by atoms with van der Waals surface area (Å²) in [6, 6.07) is 0.277. The van der Waals surface area contributed by atoms with E-state index in [9.17, 15) is 0 Å². The molecule has 6 heteroatoms. The predicted molar refractivity (Wildman–Crippen MR) is 79.4 cm³/mol. The number of amidine groups is 1. The normalized spacial score (nSPS) is 18.2. The predicted octanol–water partition coefficient (Wildman–Crippen LogP) is 1.11. The van der Waals surface area contributed by atoms with Gasteiger partial charge in [-0.2, -0.15) is 5.10 Å². The topological polar surface area (TPSA) is 88.1 Å². The first-order valence-electron chi connectivity index (χ1n) is 7.13. The van der Waals surface area contributed by atoms with Gasteiger partial charge >= 0.3 is 0 Å². The van der Waals surface area contributed by atoms with E-state index in [0.29, 0.717) is 12.4 Å². The maximum absolute atomic E-state index is 7.91. The Kier molecular flexibility index (Phi) is 4.54. The van der Waals surface area contributed by atoms with Crippen molar-refractivity contribution in [3.05, 3.63) is 16.8 Å². The summed E-state index contributed by atoms with van der Waals surface area (Å²) < 4.78 is 5.43. The number of aryl methyl sites for hydroxylation is 1. The zero-order valence-electron chi connectivity index (χ0n) is 12.4. The quantitative estimate of drug-likeness (QED) is 0.622. The van der Waals surface area contributed by atoms with Crippen LogP contribution in [0.5, 0.6) is 0 Å². The molecule has 1 aromatic heterocycles. The molecule has 2 heterocycles. The second-order valence-electron chi connectivity index (χ2n) is 5.07. The molecule has 1 aliphatic rings. The minimum atomic E-state index is 0.0622. The Morgan fingerprint density at radius 3 is 2.65 bits per heavy atom. The first-order chi connectivity index (χ1) is 9.60. The SMILES string of the molecule is CCc1nnc(N(C)C2CCOC2)c(C(=N)N)c1CC. The number of nitrogen functional groups attached to an aromatic ring is 1. The van der Waals surface area contributed by atoms with Gasteiger partial charge in [-0.05, 0) is 24.8 Å². The van der Waals surface area contributed by atoms with E-state index < -0.39 is 0 Å². The van der Waals surface area contributed by atoms with Crippen molar-refractivity contribution < 1.29 is 4.74 Å². The van der Waals surface area contributed by atoms with Crippen LogP contribution in [0.2, 0.25) is 0 Å². The molecule has 1 unspecified atom stereocenters. The summed E-state index contributed by atoms with van der Waals surface area (Å²) in [4.78, 5) is 2.05. The van der Waals surface area contributed by atoms with Crippen LogP contribution in [0.4, 0.5) is 5.82 Å². The van der Waals surface area contributed by atoms with Crippen LogP contribution in [0, 0.1) is 5.41 Å². The lowest BCUT2D eigenvalue weighted by atomic mass is 10.0. The standard InChI is InChI=1S/C14H23N5O/c1-4-10-11(5-2)17-18-14(12(10)13(15)16)19(3)9-6-7-20-8-9/h9H,4-8H2,1-3H3,(H3,15,16). The Morgan fingerprint density at radius 1 is 1.40 bits per heavy atom. The van der Waals surface area contributed by atoms with Crippen molar-refractivity contribution >= 4 is 11.7 Å². The summed E-state index contributed by atoms with van der Waals surface area (Å²) in [5, 5.41) is 16.6. The third kappa shape index (κ3) is 2.60. The number of aromatic nitrogens is 2. The van der Waals surface area contributed by atoms with E-state index in [4.69, 9.17) is 15.9 Å². The highest BCUT2D eigenvalue weighted by molar-refractivity contribution is 6.01. The van der Waals surface area contributed by atoms with E-state index in [2.05, 4.69) is 22.0 Å². The van der Waals surface area contributed by atoms with Gasteiger partial charge in [0.05, 0.1) is 23.9 Å². The molecule has 0 saturated carbocycles. The van der Waals surface area contributed by atoms with Crippen LogP contribution in [0.15, 0.2) is 0 Å². The third-order valence-corrected chi connectivity index (χ3v) is 3.88. The Morgan fingerprint density at radius 2 is 2.15 bits per heavy atom. The Bertz CT molecular complexity index is 497. The highest BCUT2D eigenvalue weighted by Gasteiger charge is 2.26. The number of hydrogen-bond acceptors (Lipinski definition) is 5. The summed E-state index contributed by atoms with van der Waals surface area (Å²) in [7, 11) is 1.97. The molecule has 1 saturated heterocycles. The second kappa shape index (κ2) is 6.17. The summed E-state index contributed by atoms with van der Waals surface area (Å²) in [5.74, 6) is 0.759. The van der Waals surface area contributed by atoms with Crippen LogP contribution in [-0.4, -0.2) is 42.3 Å². The van der Waals surface area contributed by atoms with E-state index in [0.717, 1.165) is 42.7 Å². The Labute approximate surface area is 119 Å². The van der Waals surface area contributed by atoms with E-state index >= 15 is 0 Å². The number of nitrogens with two attached hydrogens (primary N) is 1. The van der Waals surface area contributed by atoms with Crippen LogP contribution in [0.3, 0.4) is 0 Å². The molecule has 0 aromatic carbocycles. The molecule has 1 aliphatic heterocycles. The van der Waals surface area contributed by atoms with Crippen molar-refractivity contribution in [2.24, 2.45) is 5.73 Å². The molecule has 1 fully saturated rings. The highest BCUT2D eigenvalue weighted by Crippen LogP contribution is 2.26. The first kappa shape index (κ1) is 14.7. The minimum absolute atomic E-state index is 0.0622. The van der Waals surface area contributed by atoms with Gasteiger partial charge in [0.25, 0.3) is 0 Å². The molecule has 110 valence electrons. The zero-order chi connectivity index (χ0) is 14.7. The number of rotatable bonds is 5. The van der Waals surface area contributed by atoms with Crippen molar-refractivity contribution in [1.82, 2.24) is 10.2 Å². The van der Waals surface area contributed by atoms with Crippen LogP contribution in [0.25, 0.3) is 0 Å². The van der Waals surface area contributed by atoms with Crippen LogP contribution < -0.4 is 10.6 Å². The minimum Gasteiger partial charge on any atom is -0.384 e. The van der Waals surface area contributed by atoms with E-state index in [1.165, 1.54) is 0 Å². The van der Waals surface area contributed by atoms with E-state index in [1.54, 1.807) is 0 Å². The van der Waals surface area contributed by atoms with Gasteiger partial charge in [0.15, 0.2) is 5.82 Å². The molecule has 0 spiro atoms. The second-order valence-corrected chi connectivity index (χ2v) is 5.07. The Hall–Kier alpha value is -1.69. The molecular weight excluding hydrogens is 254 g/mol. The zero-order valence-corrected chi connectivity index (χ0v) is 12.4. The van der Waals surface area contributed by atoms with Crippen molar-refractivity contribution in [2.45, 2.75) is 39.2 Å². The van der Waals surface area contributed by atoms with Gasteiger partial charge in [-0.1, -0.05) is 13.8 Å². The number of likely N-dealkylation sites (N-methyl/N-ethyl adjacent to an activating group) is 1. The highest BCUT2D eigenvalue weighted by atomic mass is 16.5. The molecule has 2 rings (SSSR count). The summed E-state index contributed by atoms with van der Waals surface area (Å²) in [6.07, 6.45) is 2.56. The number of nitrogens with one attached hydrogen (secondary N) is 1. The number of anilines is 1. The molecule has 0 radical (unpaired) electrons. The average molecular weight is 277 g/mol. The summed E-state index contributed by atoms with van der Waals surface area (Å²) in [5.41, 5.74) is 8.50. The van der Waals surface area contributed by atoms with E-state index in [1.807, 2.05) is 14.0 Å². The van der Waals surface area contributed by atoms with Crippen molar-refractivity contribution in [1.29, 1.82) is 5.41 Å². The maximum Gasteiger partial charge on any atom is 0.162 e. The molecule has 0 amide bonds. The van der Waals surface area contributed by atoms with Gasteiger partial charge in [-0.15, -0.1) is 5.10 Å². The van der Waals surface area contributed by atoms with Gasteiger partial charge in [0.1, 0.15) is 5.84 Å². The largest absolute Gasteiger partial charge is 0.384 e. The molecule has 0 bridgehead atoms. The van der Waals surface area contributed by atoms with Gasteiger partial charge in [-0.25, -0.2) is 0 Å². The summed E-state index contributed by atoms with van der Waals surface area (Å²) in [6.45, 7) is 5.56. The molecule has 6 nitrogen and oxygen atoms in total. The Balaban J connectivity index is 2.48. The molecule has 20 heavy (non-hydrogen) atoms. The number of ether oxygens (including phenoxy) is 1. The smallest absolute Gasteiger partial charge is 0.162 e. The molecule has 1 aromatic rings. The lowest BCUT2D eigenvalue weighted by molar-refractivity contribution is 0.193. The van der Waals surface area contributed by atoms with Crippen LogP contribution in [0.1, 0.15) is 37.1 Å². The molecule has 1 atom stereocenters. The maximum atomic E-state index is 7.91. The summed E-state index contributed by atoms with van der Waals surface area (Å²) >= 11 is 0. The third-order valence-electron chi connectivity index (χ3n) is 3.88. The monoisotopic (exact) mass is 277 g/mol. The number of nitrogens with zero attached hydrogens (tertiary/aromatic N) is 3. The average Bonchev–Trinajstić information content (AvgIpc) is 2.98. The lowest BCUT2D eigenvalue weighted by Gasteiger charge is -2.27. The van der Waals surface area contributed by atoms with Gasteiger partial charge < -0.3 is 15.4 Å². The molecular formula is C14H23N5O. The van der Waals surface area contributed by atoms with Crippen molar-refractivity contribution in [3.8, 4) is 0 Å². The van der Waals surface area contributed by atoms with Gasteiger partial charge in [0, 0.05) is 13.7 Å². The fourth-order valence-corrected chi connectivity index (χ4v) is 2.69. The molecule has 0 aliphatic carbocycles. The fraction of sp³-hybridized carbons (Fsp3) is 0.643. The lowest BCUT2D eigenvalue weighted by Crippen LogP contribution is -2.35. The van der Waals surface area contributed by atoms with Crippen LogP contribution >= 0.6 is 0 Å². The number of hydrogen-bond donors (Lipinski definition) is 2. The molecule has 3 N–H and O–H groups in total. The van der Waals surface area contributed by atoms with E-state index in [-0.39, 0.29) is 11.9 Å². The van der Waals surface area contributed by atoms with Crippen molar-refractivity contribution in [2.75, 3.05) is 25.2 Å². The van der Waals surface area contributed by atoms with Crippen molar-refractivity contribution in [3.63, 3.8) is 0 Å².